The smallest absolute Gasteiger partial charge is 0.269 e. The number of carbonyl (C=O) groups is 1. The molecule has 2 heterocycles. The highest BCUT2D eigenvalue weighted by atomic mass is 16.6. The summed E-state index contributed by atoms with van der Waals surface area (Å²) in [5, 5.41) is 20.9. The standard InChI is InChI=1S/C21H17N5O3/c22-11-16-19(13-6-8-14(9-7-13)26(28)29)20-17(4-1-5-18(20)27)25(21(16)23)15-3-2-10-24-12-15/h2-3,6-10,12,19H,1,4-5,23H2. The number of nitro groups is 1. The number of nitro benzene ring substituents is 1. The molecule has 29 heavy (non-hydrogen) atoms. The minimum atomic E-state index is -0.642. The Morgan fingerprint density at radius 3 is 2.62 bits per heavy atom. The predicted octanol–water partition coefficient (Wildman–Crippen LogP) is 3.29. The van der Waals surface area contributed by atoms with Crippen molar-refractivity contribution in [2.45, 2.75) is 25.2 Å². The number of nitriles is 1. The number of rotatable bonds is 3. The van der Waals surface area contributed by atoms with E-state index in [0.29, 0.717) is 36.1 Å². The second kappa shape index (κ2) is 7.20. The number of hydrogen-bond acceptors (Lipinski definition) is 7. The van der Waals surface area contributed by atoms with Crippen LogP contribution in [0.25, 0.3) is 0 Å². The summed E-state index contributed by atoms with van der Waals surface area (Å²) >= 11 is 0. The number of benzene rings is 1. The molecular weight excluding hydrogens is 370 g/mol. The molecule has 1 unspecified atom stereocenters. The van der Waals surface area contributed by atoms with Crippen molar-refractivity contribution in [1.82, 2.24) is 4.98 Å². The summed E-state index contributed by atoms with van der Waals surface area (Å²) < 4.78 is 0. The second-order valence-corrected chi connectivity index (χ2v) is 6.88. The van der Waals surface area contributed by atoms with Gasteiger partial charge in [-0.15, -0.1) is 0 Å². The molecular formula is C21H17N5O3. The molecule has 144 valence electrons. The molecule has 8 nitrogen and oxygen atoms in total. The van der Waals surface area contributed by atoms with Gasteiger partial charge in [0.1, 0.15) is 5.82 Å². The van der Waals surface area contributed by atoms with Crippen molar-refractivity contribution < 1.29 is 9.72 Å². The highest BCUT2D eigenvalue weighted by molar-refractivity contribution is 6.01. The van der Waals surface area contributed by atoms with Crippen LogP contribution in [0.4, 0.5) is 11.4 Å². The highest BCUT2D eigenvalue weighted by Crippen LogP contribution is 2.46. The van der Waals surface area contributed by atoms with Crippen LogP contribution in [0.3, 0.4) is 0 Å². The topological polar surface area (TPSA) is 126 Å². The Balaban J connectivity index is 1.92. The number of anilines is 1. The van der Waals surface area contributed by atoms with Crippen molar-refractivity contribution in [3.63, 3.8) is 0 Å². The summed E-state index contributed by atoms with van der Waals surface area (Å²) in [6, 6.07) is 11.7. The summed E-state index contributed by atoms with van der Waals surface area (Å²) in [6.45, 7) is 0. The van der Waals surface area contributed by atoms with Crippen LogP contribution in [-0.4, -0.2) is 15.7 Å². The quantitative estimate of drug-likeness (QED) is 0.632. The lowest BCUT2D eigenvalue weighted by Gasteiger charge is -2.39. The Morgan fingerprint density at radius 1 is 1.24 bits per heavy atom. The predicted molar refractivity (Wildman–Crippen MR) is 105 cm³/mol. The summed E-state index contributed by atoms with van der Waals surface area (Å²) in [7, 11) is 0. The number of aromatic nitrogens is 1. The van der Waals surface area contributed by atoms with E-state index >= 15 is 0 Å². The number of ketones is 1. The molecule has 8 heteroatoms. The first-order chi connectivity index (χ1) is 14.0. The lowest BCUT2D eigenvalue weighted by molar-refractivity contribution is -0.384. The van der Waals surface area contributed by atoms with Gasteiger partial charge in [0, 0.05) is 36.0 Å². The minimum Gasteiger partial charge on any atom is -0.384 e. The SMILES string of the molecule is N#CC1=C(N)N(c2cccnc2)C2=C(C(=O)CCC2)C1c1ccc([N+](=O)[O-])cc1. The van der Waals surface area contributed by atoms with Gasteiger partial charge in [-0.2, -0.15) is 5.26 Å². The highest BCUT2D eigenvalue weighted by Gasteiger charge is 2.40. The normalized spacial score (nSPS) is 19.1. The van der Waals surface area contributed by atoms with Crippen LogP contribution in [0.2, 0.25) is 0 Å². The first-order valence-electron chi connectivity index (χ1n) is 9.13. The third-order valence-corrected chi connectivity index (χ3v) is 5.25. The summed E-state index contributed by atoms with van der Waals surface area (Å²) in [5.74, 6) is -0.433. The maximum Gasteiger partial charge on any atom is 0.269 e. The Bertz CT molecular complexity index is 1100. The molecule has 1 aliphatic carbocycles. The molecule has 1 aromatic carbocycles. The van der Waals surface area contributed by atoms with Gasteiger partial charge in [0.2, 0.25) is 0 Å². The zero-order valence-corrected chi connectivity index (χ0v) is 15.4. The molecule has 0 radical (unpaired) electrons. The molecule has 0 saturated heterocycles. The summed E-state index contributed by atoms with van der Waals surface area (Å²) in [6.07, 6.45) is 4.99. The van der Waals surface area contributed by atoms with Crippen LogP contribution in [0, 0.1) is 21.4 Å². The number of allylic oxidation sites excluding steroid dienone is 3. The number of Topliss-reactive ketones (excluding diaryl/α,β-unsaturated/α-hetero) is 1. The fourth-order valence-corrected chi connectivity index (χ4v) is 3.99. The van der Waals surface area contributed by atoms with Gasteiger partial charge in [-0.1, -0.05) is 12.1 Å². The molecule has 1 aromatic heterocycles. The van der Waals surface area contributed by atoms with Crippen molar-refractivity contribution in [2.24, 2.45) is 5.73 Å². The fraction of sp³-hybridized carbons (Fsp3) is 0.190. The molecule has 2 aliphatic rings. The monoisotopic (exact) mass is 387 g/mol. The molecule has 0 bridgehead atoms. The molecule has 1 aliphatic heterocycles. The maximum atomic E-state index is 13.0. The van der Waals surface area contributed by atoms with Gasteiger partial charge in [-0.25, -0.2) is 0 Å². The van der Waals surface area contributed by atoms with E-state index < -0.39 is 10.8 Å². The zero-order valence-electron chi connectivity index (χ0n) is 15.4. The van der Waals surface area contributed by atoms with E-state index in [1.807, 2.05) is 6.07 Å². The molecule has 0 saturated carbocycles. The van der Waals surface area contributed by atoms with E-state index in [1.165, 1.54) is 12.1 Å². The van der Waals surface area contributed by atoms with E-state index in [2.05, 4.69) is 11.1 Å². The van der Waals surface area contributed by atoms with Gasteiger partial charge >= 0.3 is 0 Å². The minimum absolute atomic E-state index is 0.0382. The van der Waals surface area contributed by atoms with E-state index in [9.17, 15) is 20.2 Å². The number of pyridine rings is 1. The summed E-state index contributed by atoms with van der Waals surface area (Å²) in [5.41, 5.74) is 9.21. The van der Waals surface area contributed by atoms with Crippen LogP contribution in [-0.2, 0) is 4.79 Å². The first kappa shape index (κ1) is 18.4. The van der Waals surface area contributed by atoms with Crippen molar-refractivity contribution in [1.29, 1.82) is 5.26 Å². The number of hydrogen-bond donors (Lipinski definition) is 1. The largest absolute Gasteiger partial charge is 0.384 e. The third kappa shape index (κ3) is 3.02. The molecule has 0 spiro atoms. The average Bonchev–Trinajstić information content (AvgIpc) is 2.74. The Labute approximate surface area is 166 Å². The Hall–Kier alpha value is -3.99. The molecule has 4 rings (SSSR count). The van der Waals surface area contributed by atoms with E-state index in [4.69, 9.17) is 5.73 Å². The fourth-order valence-electron chi connectivity index (χ4n) is 3.99. The molecule has 1 atom stereocenters. The van der Waals surface area contributed by atoms with Crippen LogP contribution < -0.4 is 10.6 Å². The average molecular weight is 387 g/mol. The Kier molecular flexibility index (Phi) is 4.56. The zero-order chi connectivity index (χ0) is 20.5. The van der Waals surface area contributed by atoms with Gasteiger partial charge in [0.05, 0.1) is 34.4 Å². The van der Waals surface area contributed by atoms with Gasteiger partial charge in [0.15, 0.2) is 5.78 Å². The second-order valence-electron chi connectivity index (χ2n) is 6.88. The first-order valence-corrected chi connectivity index (χ1v) is 9.13. The Morgan fingerprint density at radius 2 is 2.00 bits per heavy atom. The molecule has 0 amide bonds. The number of carbonyl (C=O) groups excluding carboxylic acids is 1. The van der Waals surface area contributed by atoms with E-state index in [1.54, 1.807) is 35.5 Å². The van der Waals surface area contributed by atoms with Crippen molar-refractivity contribution in [2.75, 3.05) is 4.90 Å². The van der Waals surface area contributed by atoms with Gasteiger partial charge in [0.25, 0.3) is 5.69 Å². The van der Waals surface area contributed by atoms with Gasteiger partial charge < -0.3 is 5.73 Å². The lowest BCUT2D eigenvalue weighted by atomic mass is 9.75. The van der Waals surface area contributed by atoms with Gasteiger partial charge in [-0.3, -0.25) is 24.8 Å². The molecule has 2 N–H and O–H groups in total. The van der Waals surface area contributed by atoms with Crippen molar-refractivity contribution >= 4 is 17.2 Å². The lowest BCUT2D eigenvalue weighted by Crippen LogP contribution is -2.38. The molecule has 2 aromatic rings. The number of nitrogens with zero attached hydrogens (tertiary/aromatic N) is 4. The van der Waals surface area contributed by atoms with Crippen LogP contribution in [0.5, 0.6) is 0 Å². The van der Waals surface area contributed by atoms with Crippen molar-refractivity contribution in [3.05, 3.63) is 87.1 Å². The van der Waals surface area contributed by atoms with Gasteiger partial charge in [-0.05, 0) is 30.5 Å². The summed E-state index contributed by atoms with van der Waals surface area (Å²) in [4.78, 5) is 29.3. The van der Waals surface area contributed by atoms with Crippen LogP contribution >= 0.6 is 0 Å². The third-order valence-electron chi connectivity index (χ3n) is 5.25. The van der Waals surface area contributed by atoms with Crippen LogP contribution in [0.1, 0.15) is 30.7 Å². The van der Waals surface area contributed by atoms with E-state index in [0.717, 1.165) is 5.70 Å². The van der Waals surface area contributed by atoms with Crippen LogP contribution in [0.15, 0.2) is 71.5 Å². The van der Waals surface area contributed by atoms with Crippen molar-refractivity contribution in [3.8, 4) is 6.07 Å². The maximum absolute atomic E-state index is 13.0. The number of non-ortho nitro benzene ring substituents is 1. The molecule has 0 fully saturated rings. The van der Waals surface area contributed by atoms with E-state index in [-0.39, 0.29) is 22.9 Å². The number of nitrogens with two attached hydrogens (primary N) is 1.